The van der Waals surface area contributed by atoms with Crippen LogP contribution >= 0.6 is 0 Å². The predicted molar refractivity (Wildman–Crippen MR) is 66.8 cm³/mol. The Hall–Kier alpha value is -0.120. The van der Waals surface area contributed by atoms with E-state index in [4.69, 9.17) is 9.47 Å². The number of likely N-dealkylation sites (tertiary alicyclic amines) is 1. The first kappa shape index (κ1) is 13.9. The molecule has 96 valence electrons. The highest BCUT2D eigenvalue weighted by atomic mass is 16.5. The lowest BCUT2D eigenvalue weighted by Gasteiger charge is -2.35. The van der Waals surface area contributed by atoms with Gasteiger partial charge >= 0.3 is 0 Å². The molecule has 0 aromatic rings. The number of hydrogen-bond donors (Lipinski definition) is 0. The molecule has 1 fully saturated rings. The Balaban J connectivity index is 2.13. The third kappa shape index (κ3) is 5.83. The SMILES string of the molecule is CCOCCN1CCC(OC(C)(C)C)CC1. The molecule has 0 spiro atoms. The fourth-order valence-corrected chi connectivity index (χ4v) is 2.09. The molecule has 1 aliphatic heterocycles. The summed E-state index contributed by atoms with van der Waals surface area (Å²) < 4.78 is 11.4. The number of piperidine rings is 1. The topological polar surface area (TPSA) is 21.7 Å². The third-order valence-electron chi connectivity index (χ3n) is 2.81. The van der Waals surface area contributed by atoms with Gasteiger partial charge in [0.2, 0.25) is 0 Å². The smallest absolute Gasteiger partial charge is 0.0606 e. The van der Waals surface area contributed by atoms with Crippen LogP contribution in [-0.2, 0) is 9.47 Å². The number of rotatable bonds is 5. The molecule has 16 heavy (non-hydrogen) atoms. The van der Waals surface area contributed by atoms with Crippen molar-refractivity contribution in [2.24, 2.45) is 0 Å². The minimum absolute atomic E-state index is 0.00183. The van der Waals surface area contributed by atoms with E-state index < -0.39 is 0 Å². The van der Waals surface area contributed by atoms with Crippen LogP contribution < -0.4 is 0 Å². The summed E-state index contributed by atoms with van der Waals surface area (Å²) in [4.78, 5) is 2.47. The van der Waals surface area contributed by atoms with Crippen LogP contribution in [-0.4, -0.2) is 49.5 Å². The highest BCUT2D eigenvalue weighted by molar-refractivity contribution is 4.75. The second-order valence-electron chi connectivity index (χ2n) is 5.47. The molecule has 0 amide bonds. The molecule has 0 bridgehead atoms. The summed E-state index contributed by atoms with van der Waals surface area (Å²) >= 11 is 0. The van der Waals surface area contributed by atoms with E-state index in [1.807, 2.05) is 6.92 Å². The lowest BCUT2D eigenvalue weighted by molar-refractivity contribution is -0.0832. The first-order chi connectivity index (χ1) is 7.51. The molecule has 3 heteroatoms. The zero-order valence-electron chi connectivity index (χ0n) is 11.3. The summed E-state index contributed by atoms with van der Waals surface area (Å²) in [6.45, 7) is 13.5. The van der Waals surface area contributed by atoms with Gasteiger partial charge in [0.15, 0.2) is 0 Å². The number of nitrogens with zero attached hydrogens (tertiary/aromatic N) is 1. The van der Waals surface area contributed by atoms with Crippen molar-refractivity contribution in [3.8, 4) is 0 Å². The van der Waals surface area contributed by atoms with Crippen molar-refractivity contribution >= 4 is 0 Å². The van der Waals surface area contributed by atoms with Crippen molar-refractivity contribution in [3.63, 3.8) is 0 Å². The Morgan fingerprint density at radius 3 is 2.31 bits per heavy atom. The van der Waals surface area contributed by atoms with Crippen molar-refractivity contribution in [1.82, 2.24) is 4.90 Å². The normalized spacial score (nSPS) is 20.2. The van der Waals surface area contributed by atoms with Gasteiger partial charge in [0.05, 0.1) is 18.3 Å². The van der Waals surface area contributed by atoms with Gasteiger partial charge in [-0.1, -0.05) is 0 Å². The van der Waals surface area contributed by atoms with Crippen LogP contribution in [0, 0.1) is 0 Å². The Morgan fingerprint density at radius 2 is 1.81 bits per heavy atom. The summed E-state index contributed by atoms with van der Waals surface area (Å²) in [6.07, 6.45) is 2.76. The van der Waals surface area contributed by atoms with E-state index in [0.29, 0.717) is 6.10 Å². The molecule has 0 N–H and O–H groups in total. The molecular formula is C13H27NO2. The van der Waals surface area contributed by atoms with Crippen LogP contribution in [0.3, 0.4) is 0 Å². The average Bonchev–Trinajstić information content (AvgIpc) is 2.19. The highest BCUT2D eigenvalue weighted by Crippen LogP contribution is 2.19. The first-order valence-electron chi connectivity index (χ1n) is 6.49. The first-order valence-corrected chi connectivity index (χ1v) is 6.49. The minimum Gasteiger partial charge on any atom is -0.380 e. The average molecular weight is 229 g/mol. The summed E-state index contributed by atoms with van der Waals surface area (Å²) in [7, 11) is 0. The second-order valence-corrected chi connectivity index (χ2v) is 5.47. The zero-order chi connectivity index (χ0) is 12.0. The minimum atomic E-state index is -0.00183. The van der Waals surface area contributed by atoms with Gasteiger partial charge < -0.3 is 14.4 Å². The van der Waals surface area contributed by atoms with E-state index >= 15 is 0 Å². The van der Waals surface area contributed by atoms with Crippen molar-refractivity contribution in [2.45, 2.75) is 52.2 Å². The molecule has 0 aliphatic carbocycles. The van der Waals surface area contributed by atoms with E-state index in [1.54, 1.807) is 0 Å². The molecule has 0 unspecified atom stereocenters. The van der Waals surface area contributed by atoms with Crippen molar-refractivity contribution < 1.29 is 9.47 Å². The summed E-state index contributed by atoms with van der Waals surface area (Å²) in [5.74, 6) is 0. The van der Waals surface area contributed by atoms with E-state index in [0.717, 1.165) is 45.7 Å². The van der Waals surface area contributed by atoms with Crippen LogP contribution in [0.25, 0.3) is 0 Å². The quantitative estimate of drug-likeness (QED) is 0.675. The summed E-state index contributed by atoms with van der Waals surface area (Å²) in [5, 5.41) is 0. The predicted octanol–water partition coefficient (Wildman–Crippen LogP) is 2.30. The van der Waals surface area contributed by atoms with Crippen LogP contribution in [0.5, 0.6) is 0 Å². The van der Waals surface area contributed by atoms with Gasteiger partial charge in [-0.3, -0.25) is 0 Å². The lowest BCUT2D eigenvalue weighted by atomic mass is 10.1. The van der Waals surface area contributed by atoms with Gasteiger partial charge in [0.1, 0.15) is 0 Å². The van der Waals surface area contributed by atoms with Crippen molar-refractivity contribution in [3.05, 3.63) is 0 Å². The Bertz CT molecular complexity index is 181. The van der Waals surface area contributed by atoms with E-state index in [2.05, 4.69) is 25.7 Å². The van der Waals surface area contributed by atoms with Gasteiger partial charge in [-0.15, -0.1) is 0 Å². The molecule has 0 saturated carbocycles. The van der Waals surface area contributed by atoms with Gasteiger partial charge in [-0.05, 0) is 40.5 Å². The van der Waals surface area contributed by atoms with Crippen LogP contribution in [0.4, 0.5) is 0 Å². The van der Waals surface area contributed by atoms with Crippen molar-refractivity contribution in [1.29, 1.82) is 0 Å². The maximum Gasteiger partial charge on any atom is 0.0606 e. The molecule has 1 saturated heterocycles. The monoisotopic (exact) mass is 229 g/mol. The van der Waals surface area contributed by atoms with Gasteiger partial charge in [-0.2, -0.15) is 0 Å². The Kier molecular flexibility index (Phi) is 5.73. The van der Waals surface area contributed by atoms with Gasteiger partial charge in [0.25, 0.3) is 0 Å². The van der Waals surface area contributed by atoms with Gasteiger partial charge in [0, 0.05) is 26.2 Å². The molecule has 0 atom stereocenters. The number of hydrogen-bond acceptors (Lipinski definition) is 3. The van der Waals surface area contributed by atoms with Crippen molar-refractivity contribution in [2.75, 3.05) is 32.8 Å². The highest BCUT2D eigenvalue weighted by Gasteiger charge is 2.23. The molecule has 0 aromatic carbocycles. The third-order valence-corrected chi connectivity index (χ3v) is 2.81. The molecule has 0 aromatic heterocycles. The molecule has 0 radical (unpaired) electrons. The zero-order valence-corrected chi connectivity index (χ0v) is 11.3. The van der Waals surface area contributed by atoms with Crippen LogP contribution in [0.1, 0.15) is 40.5 Å². The lowest BCUT2D eigenvalue weighted by Crippen LogP contribution is -2.41. The maximum absolute atomic E-state index is 5.99. The second kappa shape index (κ2) is 6.58. The Morgan fingerprint density at radius 1 is 1.19 bits per heavy atom. The summed E-state index contributed by atoms with van der Waals surface area (Å²) in [5.41, 5.74) is -0.00183. The van der Waals surface area contributed by atoms with E-state index in [9.17, 15) is 0 Å². The molecule has 1 rings (SSSR count). The standard InChI is InChI=1S/C13H27NO2/c1-5-15-11-10-14-8-6-12(7-9-14)16-13(2,3)4/h12H,5-11H2,1-4H3. The molecule has 1 aliphatic rings. The maximum atomic E-state index is 5.99. The fraction of sp³-hybridized carbons (Fsp3) is 1.00. The van der Waals surface area contributed by atoms with E-state index in [1.165, 1.54) is 0 Å². The molecular weight excluding hydrogens is 202 g/mol. The summed E-state index contributed by atoms with van der Waals surface area (Å²) in [6, 6.07) is 0. The molecule has 3 nitrogen and oxygen atoms in total. The van der Waals surface area contributed by atoms with E-state index in [-0.39, 0.29) is 5.60 Å². The van der Waals surface area contributed by atoms with Crippen LogP contribution in [0.15, 0.2) is 0 Å². The fourth-order valence-electron chi connectivity index (χ4n) is 2.09. The largest absolute Gasteiger partial charge is 0.380 e. The molecule has 1 heterocycles. The Labute approximate surface area is 100 Å². The van der Waals surface area contributed by atoms with Gasteiger partial charge in [-0.25, -0.2) is 0 Å². The number of ether oxygens (including phenoxy) is 2. The van der Waals surface area contributed by atoms with Crippen LogP contribution in [0.2, 0.25) is 0 Å².